The van der Waals surface area contributed by atoms with Crippen molar-refractivity contribution in [2.75, 3.05) is 0 Å². The van der Waals surface area contributed by atoms with E-state index in [2.05, 4.69) is 62.3 Å². The lowest BCUT2D eigenvalue weighted by Crippen LogP contribution is -2.31. The van der Waals surface area contributed by atoms with Crippen molar-refractivity contribution in [3.63, 3.8) is 0 Å². The first-order valence-electron chi connectivity index (χ1n) is 11.4. The number of aromatic amines is 1. The number of benzene rings is 1. The minimum Gasteiger partial charge on any atom is -0.324 e. The van der Waals surface area contributed by atoms with Crippen molar-refractivity contribution in [2.24, 2.45) is 13.0 Å². The van der Waals surface area contributed by atoms with Gasteiger partial charge in [0.25, 0.3) is 5.56 Å². The highest BCUT2D eigenvalue weighted by Gasteiger charge is 2.19. The molecular weight excluding hydrogens is 390 g/mol. The average molecular weight is 426 g/mol. The maximum atomic E-state index is 12.5. The van der Waals surface area contributed by atoms with E-state index in [1.807, 2.05) is 7.05 Å². The fourth-order valence-corrected chi connectivity index (χ4v) is 4.09. The van der Waals surface area contributed by atoms with Crippen molar-refractivity contribution in [3.8, 4) is 0 Å². The van der Waals surface area contributed by atoms with Crippen LogP contribution in [-0.4, -0.2) is 19.1 Å². The van der Waals surface area contributed by atoms with Gasteiger partial charge in [-0.1, -0.05) is 64.8 Å². The van der Waals surface area contributed by atoms with Crippen molar-refractivity contribution in [1.82, 2.24) is 24.4 Å². The lowest BCUT2D eigenvalue weighted by atomic mass is 9.94. The van der Waals surface area contributed by atoms with E-state index < -0.39 is 5.69 Å². The number of nitrogens with zero attached hydrogens (tertiary/aromatic N) is 3. The van der Waals surface area contributed by atoms with E-state index in [0.29, 0.717) is 30.2 Å². The van der Waals surface area contributed by atoms with Crippen LogP contribution in [0.2, 0.25) is 0 Å². The molecule has 2 aromatic heterocycles. The Morgan fingerprint density at radius 2 is 1.81 bits per heavy atom. The molecule has 1 atom stereocenters. The highest BCUT2D eigenvalue weighted by Crippen LogP contribution is 2.23. The molecule has 1 aromatic carbocycles. The summed E-state index contributed by atoms with van der Waals surface area (Å²) in [5.74, 6) is 1.13. The number of aryl methyl sites for hydroxylation is 3. The van der Waals surface area contributed by atoms with E-state index in [-0.39, 0.29) is 11.6 Å². The molecule has 7 nitrogen and oxygen atoms in total. The van der Waals surface area contributed by atoms with Crippen molar-refractivity contribution in [2.45, 2.75) is 72.5 Å². The second-order valence-corrected chi connectivity index (χ2v) is 8.62. The Morgan fingerprint density at radius 3 is 2.42 bits per heavy atom. The number of hydrogen-bond donors (Lipinski definition) is 2. The monoisotopic (exact) mass is 425 g/mol. The molecule has 0 saturated carbocycles. The number of imidazole rings is 1. The van der Waals surface area contributed by atoms with Crippen molar-refractivity contribution >= 4 is 11.2 Å². The van der Waals surface area contributed by atoms with Crippen LogP contribution in [0.25, 0.3) is 11.2 Å². The van der Waals surface area contributed by atoms with Gasteiger partial charge in [0.2, 0.25) is 0 Å². The van der Waals surface area contributed by atoms with Gasteiger partial charge in [0, 0.05) is 19.6 Å². The van der Waals surface area contributed by atoms with Crippen LogP contribution in [0.3, 0.4) is 0 Å². The first kappa shape index (κ1) is 23.0. The third kappa shape index (κ3) is 4.98. The second kappa shape index (κ2) is 10.1. The van der Waals surface area contributed by atoms with Gasteiger partial charge in [-0.2, -0.15) is 0 Å². The average Bonchev–Trinajstić information content (AvgIpc) is 3.06. The largest absolute Gasteiger partial charge is 0.330 e. The molecule has 1 unspecified atom stereocenters. The zero-order valence-corrected chi connectivity index (χ0v) is 19.4. The van der Waals surface area contributed by atoms with Crippen LogP contribution < -0.4 is 16.6 Å². The first-order valence-corrected chi connectivity index (χ1v) is 11.4. The van der Waals surface area contributed by atoms with Crippen LogP contribution in [0.4, 0.5) is 0 Å². The van der Waals surface area contributed by atoms with E-state index in [9.17, 15) is 9.59 Å². The predicted molar refractivity (Wildman–Crippen MR) is 125 cm³/mol. The molecule has 0 radical (unpaired) electrons. The van der Waals surface area contributed by atoms with Crippen molar-refractivity contribution < 1.29 is 0 Å². The van der Waals surface area contributed by atoms with Gasteiger partial charge in [0.05, 0.1) is 6.54 Å². The van der Waals surface area contributed by atoms with E-state index in [1.165, 1.54) is 11.1 Å². The van der Waals surface area contributed by atoms with E-state index in [1.54, 1.807) is 9.13 Å². The molecule has 7 heteroatoms. The first-order chi connectivity index (χ1) is 14.9. The standard InChI is InChI=1S/C24H35N5O2/c1-6-8-14-29-22-21(23(30)27-24(29)31)28(5)19(26-22)15-25-20(16(3)4)18-12-10-17(9-7-2)11-13-18/h10-13,16,20,25H,6-9,14-15H2,1-5H3,(H,27,30,31). The summed E-state index contributed by atoms with van der Waals surface area (Å²) in [6.07, 6.45) is 4.05. The van der Waals surface area contributed by atoms with Gasteiger partial charge >= 0.3 is 5.69 Å². The second-order valence-electron chi connectivity index (χ2n) is 8.62. The zero-order chi connectivity index (χ0) is 22.5. The summed E-state index contributed by atoms with van der Waals surface area (Å²) in [4.78, 5) is 31.9. The number of nitrogens with one attached hydrogen (secondary N) is 2. The van der Waals surface area contributed by atoms with Gasteiger partial charge in [-0.15, -0.1) is 0 Å². The molecule has 0 aliphatic heterocycles. The fraction of sp³-hybridized carbons (Fsp3) is 0.542. The van der Waals surface area contributed by atoms with Crippen LogP contribution in [0.1, 0.15) is 70.0 Å². The van der Waals surface area contributed by atoms with Crippen molar-refractivity contribution in [1.29, 1.82) is 0 Å². The Hall–Kier alpha value is -2.67. The lowest BCUT2D eigenvalue weighted by molar-refractivity contribution is 0.404. The Kier molecular flexibility index (Phi) is 7.49. The molecule has 168 valence electrons. The topological polar surface area (TPSA) is 84.7 Å². The summed E-state index contributed by atoms with van der Waals surface area (Å²) < 4.78 is 3.38. The molecule has 0 amide bonds. The summed E-state index contributed by atoms with van der Waals surface area (Å²) in [6.45, 7) is 9.70. The van der Waals surface area contributed by atoms with Crippen LogP contribution in [0, 0.1) is 5.92 Å². The summed E-state index contributed by atoms with van der Waals surface area (Å²) >= 11 is 0. The van der Waals surface area contributed by atoms with E-state index in [4.69, 9.17) is 4.98 Å². The molecular formula is C24H35N5O2. The number of H-pyrrole nitrogens is 1. The predicted octanol–water partition coefficient (Wildman–Crippen LogP) is 3.66. The third-order valence-corrected chi connectivity index (χ3v) is 5.87. The summed E-state index contributed by atoms with van der Waals surface area (Å²) in [7, 11) is 1.83. The number of fused-ring (bicyclic) bond motifs is 1. The smallest absolute Gasteiger partial charge is 0.324 e. The Morgan fingerprint density at radius 1 is 1.10 bits per heavy atom. The van der Waals surface area contributed by atoms with Gasteiger partial charge in [0.15, 0.2) is 11.2 Å². The molecule has 0 saturated heterocycles. The van der Waals surface area contributed by atoms with Crippen LogP contribution in [0.15, 0.2) is 33.9 Å². The molecule has 0 bridgehead atoms. The van der Waals surface area contributed by atoms with Crippen LogP contribution in [-0.2, 0) is 26.6 Å². The van der Waals surface area contributed by atoms with Gasteiger partial charge < -0.3 is 9.88 Å². The molecule has 2 heterocycles. The number of rotatable bonds is 10. The maximum absolute atomic E-state index is 12.5. The number of aromatic nitrogens is 4. The van der Waals surface area contributed by atoms with Gasteiger partial charge in [0.1, 0.15) is 5.82 Å². The van der Waals surface area contributed by atoms with Crippen LogP contribution in [0.5, 0.6) is 0 Å². The van der Waals surface area contributed by atoms with Crippen molar-refractivity contribution in [3.05, 3.63) is 62.1 Å². The normalized spacial score (nSPS) is 12.7. The minimum atomic E-state index is -0.393. The number of hydrogen-bond acceptors (Lipinski definition) is 4. The lowest BCUT2D eigenvalue weighted by Gasteiger charge is -2.23. The Bertz CT molecular complexity index is 1120. The Balaban J connectivity index is 1.89. The highest BCUT2D eigenvalue weighted by molar-refractivity contribution is 5.70. The molecule has 3 rings (SSSR count). The van der Waals surface area contributed by atoms with E-state index >= 15 is 0 Å². The third-order valence-electron chi connectivity index (χ3n) is 5.87. The van der Waals surface area contributed by atoms with E-state index in [0.717, 1.165) is 31.5 Å². The van der Waals surface area contributed by atoms with Gasteiger partial charge in [-0.25, -0.2) is 9.78 Å². The van der Waals surface area contributed by atoms with Crippen LogP contribution >= 0.6 is 0 Å². The SMILES string of the molecule is CCCCn1c(=O)[nH]c(=O)c2c1nc(CNC(c1ccc(CCC)cc1)C(C)C)n2C. The molecule has 0 aliphatic carbocycles. The molecule has 3 aromatic rings. The molecule has 0 aliphatic rings. The molecule has 2 N–H and O–H groups in total. The molecule has 0 fully saturated rings. The minimum absolute atomic E-state index is 0.163. The van der Waals surface area contributed by atoms with Gasteiger partial charge in [-0.3, -0.25) is 14.3 Å². The molecule has 0 spiro atoms. The summed E-state index contributed by atoms with van der Waals surface area (Å²) in [6, 6.07) is 8.97. The van der Waals surface area contributed by atoms with Gasteiger partial charge in [-0.05, 0) is 29.9 Å². The Labute approximate surface area is 183 Å². The highest BCUT2D eigenvalue weighted by atomic mass is 16.2. The zero-order valence-electron chi connectivity index (χ0n) is 19.4. The number of unbranched alkanes of at least 4 members (excludes halogenated alkanes) is 1. The summed E-state index contributed by atoms with van der Waals surface area (Å²) in [5, 5.41) is 3.62. The quantitative estimate of drug-likeness (QED) is 0.519. The molecule has 31 heavy (non-hydrogen) atoms. The summed E-state index contributed by atoms with van der Waals surface area (Å²) in [5.41, 5.74) is 2.72. The fourth-order valence-electron chi connectivity index (χ4n) is 4.09. The maximum Gasteiger partial charge on any atom is 0.330 e.